The highest BCUT2D eigenvalue weighted by Gasteiger charge is 2.22. The van der Waals surface area contributed by atoms with E-state index in [1.54, 1.807) is 0 Å². The maximum absolute atomic E-state index is 4.56. The molecule has 0 saturated carbocycles. The van der Waals surface area contributed by atoms with Crippen LogP contribution in [-0.4, -0.2) is 46.3 Å². The molecule has 0 N–H and O–H groups in total. The molecule has 1 aliphatic heterocycles. The first kappa shape index (κ1) is 16.6. The first-order valence-corrected chi connectivity index (χ1v) is 8.49. The van der Waals surface area contributed by atoms with Crippen molar-refractivity contribution in [3.05, 3.63) is 35.3 Å². The lowest BCUT2D eigenvalue weighted by atomic mass is 9.92. The van der Waals surface area contributed by atoms with E-state index in [1.165, 1.54) is 0 Å². The van der Waals surface area contributed by atoms with Crippen molar-refractivity contribution >= 4 is 11.8 Å². The molecule has 128 valence electrons. The fourth-order valence-corrected chi connectivity index (χ4v) is 2.88. The van der Waals surface area contributed by atoms with Crippen LogP contribution in [0.2, 0.25) is 0 Å². The van der Waals surface area contributed by atoms with Gasteiger partial charge in [0.25, 0.3) is 0 Å². The summed E-state index contributed by atoms with van der Waals surface area (Å²) in [5, 5.41) is 8.82. The van der Waals surface area contributed by atoms with Crippen molar-refractivity contribution < 1.29 is 0 Å². The Labute approximate surface area is 143 Å². The highest BCUT2D eigenvalue weighted by molar-refractivity contribution is 5.42. The fourth-order valence-electron chi connectivity index (χ4n) is 2.88. The van der Waals surface area contributed by atoms with Gasteiger partial charge >= 0.3 is 0 Å². The third kappa shape index (κ3) is 3.63. The summed E-state index contributed by atoms with van der Waals surface area (Å²) in [4.78, 5) is 13.6. The summed E-state index contributed by atoms with van der Waals surface area (Å²) in [5.74, 6) is 1.78. The average molecular weight is 326 g/mol. The summed E-state index contributed by atoms with van der Waals surface area (Å²) in [5.41, 5.74) is 3.09. The van der Waals surface area contributed by atoms with E-state index in [4.69, 9.17) is 0 Å². The third-order valence-corrected chi connectivity index (χ3v) is 4.28. The van der Waals surface area contributed by atoms with E-state index < -0.39 is 0 Å². The largest absolute Gasteiger partial charge is 0.352 e. The van der Waals surface area contributed by atoms with Gasteiger partial charge in [0.1, 0.15) is 0 Å². The van der Waals surface area contributed by atoms with Crippen LogP contribution in [0.15, 0.2) is 18.2 Å². The number of nitrogens with zero attached hydrogens (tertiary/aromatic N) is 6. The van der Waals surface area contributed by atoms with Crippen LogP contribution < -0.4 is 9.80 Å². The fraction of sp³-hybridized carbons (Fsp3) is 0.556. The van der Waals surface area contributed by atoms with E-state index in [0.29, 0.717) is 0 Å². The van der Waals surface area contributed by atoms with Crippen LogP contribution in [0.1, 0.15) is 37.9 Å². The molecule has 0 bridgehead atoms. The molecule has 2 aromatic heterocycles. The SMILES string of the molecule is Cc1cc(C)nc(N2CCN(c3ccc(C(C)(C)C)nn3)CC2)n1. The number of hydrogen-bond acceptors (Lipinski definition) is 6. The molecule has 0 unspecified atom stereocenters. The molecule has 6 heteroatoms. The Bertz CT molecular complexity index is 676. The molecule has 1 saturated heterocycles. The molecule has 0 aromatic carbocycles. The first-order chi connectivity index (χ1) is 11.3. The van der Waals surface area contributed by atoms with Crippen molar-refractivity contribution in [2.24, 2.45) is 0 Å². The molecule has 24 heavy (non-hydrogen) atoms. The summed E-state index contributed by atoms with van der Waals surface area (Å²) in [6.45, 7) is 14.1. The molecule has 1 aliphatic rings. The van der Waals surface area contributed by atoms with Crippen LogP contribution in [0.25, 0.3) is 0 Å². The predicted molar refractivity (Wildman–Crippen MR) is 96.7 cm³/mol. The zero-order valence-electron chi connectivity index (χ0n) is 15.2. The molecule has 2 aromatic rings. The summed E-state index contributed by atoms with van der Waals surface area (Å²) in [7, 11) is 0. The van der Waals surface area contributed by atoms with Crippen molar-refractivity contribution in [2.75, 3.05) is 36.0 Å². The Morgan fingerprint density at radius 3 is 1.92 bits per heavy atom. The van der Waals surface area contributed by atoms with Gasteiger partial charge in [-0.05, 0) is 32.0 Å². The van der Waals surface area contributed by atoms with E-state index in [2.05, 4.69) is 62.9 Å². The Kier molecular flexibility index (Phi) is 4.39. The Balaban J connectivity index is 1.66. The highest BCUT2D eigenvalue weighted by Crippen LogP contribution is 2.22. The van der Waals surface area contributed by atoms with Gasteiger partial charge in [0.2, 0.25) is 5.95 Å². The zero-order valence-corrected chi connectivity index (χ0v) is 15.2. The molecule has 6 nitrogen and oxygen atoms in total. The number of piperazine rings is 1. The summed E-state index contributed by atoms with van der Waals surface area (Å²) in [6, 6.07) is 6.17. The lowest BCUT2D eigenvalue weighted by Crippen LogP contribution is -2.47. The first-order valence-electron chi connectivity index (χ1n) is 8.49. The van der Waals surface area contributed by atoms with Crippen LogP contribution in [0.4, 0.5) is 11.8 Å². The second-order valence-electron chi connectivity index (χ2n) is 7.45. The van der Waals surface area contributed by atoms with Crippen molar-refractivity contribution in [1.29, 1.82) is 0 Å². The van der Waals surface area contributed by atoms with Gasteiger partial charge < -0.3 is 9.80 Å². The Morgan fingerprint density at radius 1 is 0.833 bits per heavy atom. The predicted octanol–water partition coefficient (Wildman–Crippen LogP) is 2.51. The monoisotopic (exact) mass is 326 g/mol. The standard InChI is InChI=1S/C18H26N6/c1-13-12-14(2)20-17(19-13)24-10-8-23(9-11-24)16-7-6-15(21-22-16)18(3,4)5/h6-7,12H,8-11H2,1-5H3. The quantitative estimate of drug-likeness (QED) is 0.845. The zero-order chi connectivity index (χ0) is 17.3. The number of anilines is 2. The van der Waals surface area contributed by atoms with Gasteiger partial charge in [0.15, 0.2) is 5.82 Å². The van der Waals surface area contributed by atoms with E-state index in [0.717, 1.165) is 55.0 Å². The van der Waals surface area contributed by atoms with Crippen LogP contribution in [0.3, 0.4) is 0 Å². The second kappa shape index (κ2) is 6.34. The van der Waals surface area contributed by atoms with Crippen LogP contribution in [-0.2, 0) is 5.41 Å². The highest BCUT2D eigenvalue weighted by atomic mass is 15.3. The van der Waals surface area contributed by atoms with Crippen molar-refractivity contribution in [1.82, 2.24) is 20.2 Å². The third-order valence-electron chi connectivity index (χ3n) is 4.28. The molecule has 0 aliphatic carbocycles. The summed E-state index contributed by atoms with van der Waals surface area (Å²) in [6.07, 6.45) is 0. The number of hydrogen-bond donors (Lipinski definition) is 0. The average Bonchev–Trinajstić information content (AvgIpc) is 2.53. The van der Waals surface area contributed by atoms with Crippen molar-refractivity contribution in [2.45, 2.75) is 40.0 Å². The van der Waals surface area contributed by atoms with Gasteiger partial charge in [-0.3, -0.25) is 0 Å². The van der Waals surface area contributed by atoms with Gasteiger partial charge in [-0.25, -0.2) is 9.97 Å². The van der Waals surface area contributed by atoms with E-state index in [1.807, 2.05) is 19.9 Å². The van der Waals surface area contributed by atoms with Crippen molar-refractivity contribution in [3.63, 3.8) is 0 Å². The molecule has 1 fully saturated rings. The van der Waals surface area contributed by atoms with E-state index >= 15 is 0 Å². The van der Waals surface area contributed by atoms with Crippen molar-refractivity contribution in [3.8, 4) is 0 Å². The van der Waals surface area contributed by atoms with Gasteiger partial charge in [-0.2, -0.15) is 5.10 Å². The molecule has 0 radical (unpaired) electrons. The van der Waals surface area contributed by atoms with Gasteiger partial charge in [0.05, 0.1) is 5.69 Å². The Morgan fingerprint density at radius 2 is 1.42 bits per heavy atom. The van der Waals surface area contributed by atoms with E-state index in [-0.39, 0.29) is 5.41 Å². The second-order valence-corrected chi connectivity index (χ2v) is 7.45. The normalized spacial score (nSPS) is 15.7. The molecule has 3 rings (SSSR count). The minimum atomic E-state index is 0.0323. The smallest absolute Gasteiger partial charge is 0.225 e. The van der Waals surface area contributed by atoms with Crippen LogP contribution in [0, 0.1) is 13.8 Å². The lowest BCUT2D eigenvalue weighted by molar-refractivity contribution is 0.555. The lowest BCUT2D eigenvalue weighted by Gasteiger charge is -2.35. The van der Waals surface area contributed by atoms with Gasteiger partial charge in [-0.15, -0.1) is 5.10 Å². The van der Waals surface area contributed by atoms with E-state index in [9.17, 15) is 0 Å². The number of rotatable bonds is 2. The maximum Gasteiger partial charge on any atom is 0.225 e. The summed E-state index contributed by atoms with van der Waals surface area (Å²) < 4.78 is 0. The molecule has 3 heterocycles. The maximum atomic E-state index is 4.56. The van der Waals surface area contributed by atoms with Crippen LogP contribution in [0.5, 0.6) is 0 Å². The molecular formula is C18H26N6. The molecule has 0 amide bonds. The number of aryl methyl sites for hydroxylation is 2. The Hall–Kier alpha value is -2.24. The molecular weight excluding hydrogens is 300 g/mol. The summed E-state index contributed by atoms with van der Waals surface area (Å²) >= 11 is 0. The van der Waals surface area contributed by atoms with Gasteiger partial charge in [-0.1, -0.05) is 20.8 Å². The minimum Gasteiger partial charge on any atom is -0.352 e. The van der Waals surface area contributed by atoms with Gasteiger partial charge in [0, 0.05) is 43.0 Å². The minimum absolute atomic E-state index is 0.0323. The molecule has 0 spiro atoms. The van der Waals surface area contributed by atoms with Crippen LogP contribution >= 0.6 is 0 Å². The molecule has 0 atom stereocenters. The number of aromatic nitrogens is 4. The topological polar surface area (TPSA) is 58.0 Å².